The highest BCUT2D eigenvalue weighted by molar-refractivity contribution is 7.98. The summed E-state index contributed by atoms with van der Waals surface area (Å²) in [5.41, 5.74) is 5.39. The molecule has 2 aromatic carbocycles. The molecule has 0 radical (unpaired) electrons. The first-order valence-corrected chi connectivity index (χ1v) is 10.0. The second-order valence-electron chi connectivity index (χ2n) is 6.67. The zero-order valence-corrected chi connectivity index (χ0v) is 16.2. The predicted octanol–water partition coefficient (Wildman–Crippen LogP) is 4.25. The minimum atomic E-state index is -0.191. The van der Waals surface area contributed by atoms with Gasteiger partial charge < -0.3 is 10.1 Å². The van der Waals surface area contributed by atoms with E-state index in [-0.39, 0.29) is 12.5 Å². The first kappa shape index (κ1) is 17.7. The van der Waals surface area contributed by atoms with Crippen LogP contribution in [0, 0.1) is 13.8 Å². The molecule has 6 heteroatoms. The lowest BCUT2D eigenvalue weighted by Gasteiger charge is -2.12. The van der Waals surface area contributed by atoms with Crippen LogP contribution in [0.25, 0.3) is 5.69 Å². The number of thioether (sulfide) groups is 1. The van der Waals surface area contributed by atoms with Crippen molar-refractivity contribution < 1.29 is 9.53 Å². The first-order chi connectivity index (χ1) is 13.1. The van der Waals surface area contributed by atoms with Crippen LogP contribution >= 0.6 is 11.8 Å². The van der Waals surface area contributed by atoms with E-state index in [4.69, 9.17) is 9.84 Å². The van der Waals surface area contributed by atoms with Crippen LogP contribution in [0.15, 0.2) is 48.5 Å². The number of hydrogen-bond acceptors (Lipinski definition) is 4. The number of rotatable bonds is 5. The van der Waals surface area contributed by atoms with Gasteiger partial charge in [-0.05, 0) is 43.7 Å². The maximum absolute atomic E-state index is 12.5. The molecule has 1 N–H and O–H groups in total. The van der Waals surface area contributed by atoms with E-state index < -0.39 is 0 Å². The lowest BCUT2D eigenvalue weighted by Crippen LogP contribution is -2.22. The van der Waals surface area contributed by atoms with Gasteiger partial charge in [0.05, 0.1) is 11.4 Å². The van der Waals surface area contributed by atoms with Crippen molar-refractivity contribution in [2.75, 3.05) is 11.9 Å². The smallest absolute Gasteiger partial charge is 0.263 e. The van der Waals surface area contributed by atoms with E-state index in [9.17, 15) is 4.79 Å². The van der Waals surface area contributed by atoms with Gasteiger partial charge in [0, 0.05) is 17.1 Å². The van der Waals surface area contributed by atoms with Gasteiger partial charge in [-0.15, -0.1) is 0 Å². The molecule has 0 unspecified atom stereocenters. The van der Waals surface area contributed by atoms with Crippen LogP contribution < -0.4 is 10.1 Å². The number of anilines is 1. The average molecular weight is 379 g/mol. The van der Waals surface area contributed by atoms with Crippen molar-refractivity contribution in [3.05, 3.63) is 70.9 Å². The summed E-state index contributed by atoms with van der Waals surface area (Å²) >= 11 is 1.81. The van der Waals surface area contributed by atoms with Crippen molar-refractivity contribution in [1.29, 1.82) is 0 Å². The Bertz CT molecular complexity index is 980. The average Bonchev–Trinajstić information content (AvgIpc) is 3.24. The molecule has 1 aliphatic rings. The Labute approximate surface area is 162 Å². The summed E-state index contributed by atoms with van der Waals surface area (Å²) in [6.45, 7) is 4.02. The van der Waals surface area contributed by atoms with Crippen molar-refractivity contribution in [2.24, 2.45) is 0 Å². The van der Waals surface area contributed by atoms with E-state index in [1.165, 1.54) is 0 Å². The Morgan fingerprint density at radius 2 is 1.96 bits per heavy atom. The first-order valence-electron chi connectivity index (χ1n) is 8.85. The molecule has 4 rings (SSSR count). The third kappa shape index (κ3) is 3.85. The predicted molar refractivity (Wildman–Crippen MR) is 109 cm³/mol. The topological polar surface area (TPSA) is 56.1 Å². The van der Waals surface area contributed by atoms with Crippen LogP contribution in [0.1, 0.15) is 22.4 Å². The molecule has 1 aromatic heterocycles. The van der Waals surface area contributed by atoms with Gasteiger partial charge in [0.1, 0.15) is 11.6 Å². The summed E-state index contributed by atoms with van der Waals surface area (Å²) in [5.74, 6) is 2.97. The van der Waals surface area contributed by atoms with Gasteiger partial charge in [0.15, 0.2) is 6.61 Å². The number of fused-ring (bicyclic) bond motifs is 1. The van der Waals surface area contributed by atoms with Gasteiger partial charge in [-0.25, -0.2) is 4.68 Å². The number of ether oxygens (including phenoxy) is 1. The van der Waals surface area contributed by atoms with Crippen LogP contribution in [-0.4, -0.2) is 22.3 Å². The van der Waals surface area contributed by atoms with Crippen molar-refractivity contribution in [3.8, 4) is 11.4 Å². The van der Waals surface area contributed by atoms with Crippen molar-refractivity contribution in [3.63, 3.8) is 0 Å². The molecule has 3 aromatic rings. The van der Waals surface area contributed by atoms with E-state index >= 15 is 0 Å². The molecule has 2 heterocycles. The zero-order chi connectivity index (χ0) is 18.8. The largest absolute Gasteiger partial charge is 0.484 e. The number of amides is 1. The van der Waals surface area contributed by atoms with Gasteiger partial charge >= 0.3 is 0 Å². The summed E-state index contributed by atoms with van der Waals surface area (Å²) in [6.07, 6.45) is 0. The molecule has 0 bridgehead atoms. The normalized spacial score (nSPS) is 12.7. The molecule has 0 saturated heterocycles. The van der Waals surface area contributed by atoms with E-state index in [0.717, 1.165) is 45.4 Å². The zero-order valence-electron chi connectivity index (χ0n) is 15.4. The van der Waals surface area contributed by atoms with E-state index in [1.54, 1.807) is 0 Å². The SMILES string of the molecule is Cc1ccc(OCC(=O)Nc2c3c(nn2-c2cccc(C)c2)CSC3)cc1. The van der Waals surface area contributed by atoms with E-state index in [1.807, 2.05) is 72.8 Å². The number of hydrogen-bond donors (Lipinski definition) is 1. The number of carbonyl (C=O) groups excluding carboxylic acids is 1. The Balaban J connectivity index is 1.54. The summed E-state index contributed by atoms with van der Waals surface area (Å²) in [4.78, 5) is 12.5. The Morgan fingerprint density at radius 1 is 1.15 bits per heavy atom. The number of benzene rings is 2. The molecule has 138 valence electrons. The monoisotopic (exact) mass is 379 g/mol. The highest BCUT2D eigenvalue weighted by Gasteiger charge is 2.24. The fourth-order valence-electron chi connectivity index (χ4n) is 3.04. The second-order valence-corrected chi connectivity index (χ2v) is 7.65. The molecular formula is C21H21N3O2S. The van der Waals surface area contributed by atoms with Crippen LogP contribution in [0.2, 0.25) is 0 Å². The molecule has 0 spiro atoms. The number of carbonyl (C=O) groups is 1. The van der Waals surface area contributed by atoms with Crippen molar-refractivity contribution in [1.82, 2.24) is 9.78 Å². The van der Waals surface area contributed by atoms with Crippen molar-refractivity contribution in [2.45, 2.75) is 25.4 Å². The third-order valence-corrected chi connectivity index (χ3v) is 5.42. The van der Waals surface area contributed by atoms with Crippen molar-refractivity contribution >= 4 is 23.5 Å². The Morgan fingerprint density at radius 3 is 2.74 bits per heavy atom. The van der Waals surface area contributed by atoms with Crippen LogP contribution in [0.3, 0.4) is 0 Å². The molecule has 0 aliphatic carbocycles. The molecule has 5 nitrogen and oxygen atoms in total. The van der Waals surface area contributed by atoms with Crippen LogP contribution in [0.4, 0.5) is 5.82 Å². The highest BCUT2D eigenvalue weighted by atomic mass is 32.2. The van der Waals surface area contributed by atoms with Gasteiger partial charge in [0.25, 0.3) is 5.91 Å². The molecule has 0 saturated carbocycles. The summed E-state index contributed by atoms with van der Waals surface area (Å²) in [5, 5.41) is 7.74. The second kappa shape index (κ2) is 7.48. The molecule has 27 heavy (non-hydrogen) atoms. The van der Waals surface area contributed by atoms with E-state index in [2.05, 4.69) is 11.4 Å². The molecular weight excluding hydrogens is 358 g/mol. The van der Waals surface area contributed by atoms with Gasteiger partial charge in [0.2, 0.25) is 0 Å². The summed E-state index contributed by atoms with van der Waals surface area (Å²) < 4.78 is 7.44. The quantitative estimate of drug-likeness (QED) is 0.720. The standard InChI is InChI=1S/C21H21N3O2S/c1-14-6-8-17(9-7-14)26-11-20(25)22-21-18-12-27-13-19(18)23-24(21)16-5-3-4-15(2)10-16/h3-10H,11-13H2,1-2H3,(H,22,25). The van der Waals surface area contributed by atoms with Gasteiger partial charge in [-0.2, -0.15) is 16.9 Å². The number of aromatic nitrogens is 2. The maximum atomic E-state index is 12.5. The van der Waals surface area contributed by atoms with E-state index in [0.29, 0.717) is 5.75 Å². The number of nitrogens with zero attached hydrogens (tertiary/aromatic N) is 2. The Kier molecular flexibility index (Phi) is 4.90. The van der Waals surface area contributed by atoms with Gasteiger partial charge in [-0.1, -0.05) is 29.8 Å². The fraction of sp³-hybridized carbons (Fsp3) is 0.238. The van der Waals surface area contributed by atoms with Crippen LogP contribution in [0.5, 0.6) is 5.75 Å². The third-order valence-electron chi connectivity index (χ3n) is 4.45. The molecule has 1 aliphatic heterocycles. The Hall–Kier alpha value is -2.73. The molecule has 0 fully saturated rings. The van der Waals surface area contributed by atoms with Gasteiger partial charge in [-0.3, -0.25) is 4.79 Å². The fourth-order valence-corrected chi connectivity index (χ4v) is 4.07. The number of aryl methyl sites for hydroxylation is 2. The summed E-state index contributed by atoms with van der Waals surface area (Å²) in [7, 11) is 0. The van der Waals surface area contributed by atoms with Crippen LogP contribution in [-0.2, 0) is 16.3 Å². The minimum absolute atomic E-state index is 0.0377. The molecule has 1 amide bonds. The molecule has 0 atom stereocenters. The minimum Gasteiger partial charge on any atom is -0.484 e. The number of nitrogens with one attached hydrogen (secondary N) is 1. The highest BCUT2D eigenvalue weighted by Crippen LogP contribution is 2.36. The summed E-state index contributed by atoms with van der Waals surface area (Å²) in [6, 6.07) is 15.8. The lowest BCUT2D eigenvalue weighted by molar-refractivity contribution is -0.118. The maximum Gasteiger partial charge on any atom is 0.263 e. The lowest BCUT2D eigenvalue weighted by atomic mass is 10.2.